The third kappa shape index (κ3) is 3.75. The zero-order valence-corrected chi connectivity index (χ0v) is 15.5. The Bertz CT molecular complexity index is 979. The van der Waals surface area contributed by atoms with Crippen LogP contribution in [0.5, 0.6) is 0 Å². The van der Waals surface area contributed by atoms with Crippen molar-refractivity contribution in [3.8, 4) is 11.4 Å². The molecular formula is C21H22N4O2. The number of ether oxygens (including phenoxy) is 1. The van der Waals surface area contributed by atoms with Crippen LogP contribution in [0.2, 0.25) is 0 Å². The molecule has 1 N–H and O–H groups in total. The molecule has 1 amide bonds. The highest BCUT2D eigenvalue weighted by molar-refractivity contribution is 5.92. The smallest absolute Gasteiger partial charge is 0.221 e. The number of carbonyl (C=O) groups is 1. The van der Waals surface area contributed by atoms with Crippen LogP contribution in [-0.2, 0) is 9.53 Å². The number of amides is 1. The number of morpholine rings is 1. The molecule has 0 aliphatic carbocycles. The molecule has 1 fully saturated rings. The molecule has 0 atom stereocenters. The summed E-state index contributed by atoms with van der Waals surface area (Å²) in [4.78, 5) is 23.2. The highest BCUT2D eigenvalue weighted by Gasteiger charge is 2.18. The second-order valence-corrected chi connectivity index (χ2v) is 6.75. The Morgan fingerprint density at radius 3 is 2.52 bits per heavy atom. The van der Waals surface area contributed by atoms with Crippen LogP contribution in [0.1, 0.15) is 12.5 Å². The summed E-state index contributed by atoms with van der Waals surface area (Å²) in [5.41, 5.74) is 3.78. The third-order valence-corrected chi connectivity index (χ3v) is 4.61. The fourth-order valence-corrected chi connectivity index (χ4v) is 3.27. The van der Waals surface area contributed by atoms with Crippen LogP contribution in [0.4, 0.5) is 11.5 Å². The summed E-state index contributed by atoms with van der Waals surface area (Å²) in [6, 6.07) is 13.9. The van der Waals surface area contributed by atoms with E-state index in [2.05, 4.69) is 35.3 Å². The molecule has 1 aliphatic heterocycles. The van der Waals surface area contributed by atoms with Crippen LogP contribution < -0.4 is 10.2 Å². The summed E-state index contributed by atoms with van der Waals surface area (Å²) in [6.07, 6.45) is 0. The van der Waals surface area contributed by atoms with Gasteiger partial charge in [0, 0.05) is 36.7 Å². The lowest BCUT2D eigenvalue weighted by molar-refractivity contribution is -0.114. The van der Waals surface area contributed by atoms with Crippen molar-refractivity contribution >= 4 is 28.3 Å². The lowest BCUT2D eigenvalue weighted by Crippen LogP contribution is -2.37. The quantitative estimate of drug-likeness (QED) is 0.773. The molecule has 27 heavy (non-hydrogen) atoms. The van der Waals surface area contributed by atoms with E-state index >= 15 is 0 Å². The minimum absolute atomic E-state index is 0.0882. The van der Waals surface area contributed by atoms with E-state index in [1.807, 2.05) is 24.3 Å². The molecule has 6 nitrogen and oxygen atoms in total. The molecular weight excluding hydrogens is 340 g/mol. The Morgan fingerprint density at radius 2 is 1.81 bits per heavy atom. The second-order valence-electron chi connectivity index (χ2n) is 6.75. The molecule has 2 aromatic carbocycles. The third-order valence-electron chi connectivity index (χ3n) is 4.61. The fourth-order valence-electron chi connectivity index (χ4n) is 3.27. The second kappa shape index (κ2) is 7.32. The summed E-state index contributed by atoms with van der Waals surface area (Å²) >= 11 is 0. The monoisotopic (exact) mass is 362 g/mol. The normalized spacial score (nSPS) is 14.4. The molecule has 138 valence electrons. The number of nitrogens with zero attached hydrogens (tertiary/aromatic N) is 3. The first kappa shape index (κ1) is 17.4. The molecule has 1 aromatic heterocycles. The van der Waals surface area contributed by atoms with Gasteiger partial charge in [-0.05, 0) is 48.9 Å². The van der Waals surface area contributed by atoms with Crippen LogP contribution in [0.3, 0.4) is 0 Å². The number of benzene rings is 2. The Balaban J connectivity index is 1.79. The summed E-state index contributed by atoms with van der Waals surface area (Å²) in [5.74, 6) is 1.54. The van der Waals surface area contributed by atoms with Crippen molar-refractivity contribution in [3.05, 3.63) is 48.0 Å². The van der Waals surface area contributed by atoms with Gasteiger partial charge in [-0.15, -0.1) is 0 Å². The van der Waals surface area contributed by atoms with Crippen LogP contribution in [0.25, 0.3) is 22.3 Å². The van der Waals surface area contributed by atoms with Gasteiger partial charge >= 0.3 is 0 Å². The van der Waals surface area contributed by atoms with E-state index in [9.17, 15) is 4.79 Å². The summed E-state index contributed by atoms with van der Waals surface area (Å²) in [7, 11) is 0. The zero-order chi connectivity index (χ0) is 18.8. The minimum atomic E-state index is -0.0882. The topological polar surface area (TPSA) is 67.4 Å². The molecule has 0 bridgehead atoms. The molecule has 0 unspecified atom stereocenters. The van der Waals surface area contributed by atoms with E-state index in [1.54, 1.807) is 0 Å². The van der Waals surface area contributed by atoms with E-state index in [0.29, 0.717) is 19.0 Å². The van der Waals surface area contributed by atoms with Gasteiger partial charge in [0.05, 0.1) is 18.7 Å². The average Bonchev–Trinajstić information content (AvgIpc) is 2.67. The van der Waals surface area contributed by atoms with Crippen molar-refractivity contribution in [3.63, 3.8) is 0 Å². The van der Waals surface area contributed by atoms with Gasteiger partial charge in [-0.25, -0.2) is 9.97 Å². The highest BCUT2D eigenvalue weighted by Crippen LogP contribution is 2.29. The summed E-state index contributed by atoms with van der Waals surface area (Å²) in [5, 5.41) is 3.84. The number of rotatable bonds is 3. The van der Waals surface area contributed by atoms with Crippen molar-refractivity contribution in [1.29, 1.82) is 0 Å². The van der Waals surface area contributed by atoms with Gasteiger partial charge < -0.3 is 15.0 Å². The first-order valence-electron chi connectivity index (χ1n) is 9.09. The van der Waals surface area contributed by atoms with Gasteiger partial charge in [-0.3, -0.25) is 4.79 Å². The highest BCUT2D eigenvalue weighted by atomic mass is 16.5. The Hall–Kier alpha value is -2.99. The van der Waals surface area contributed by atoms with E-state index < -0.39 is 0 Å². The maximum absolute atomic E-state index is 11.2. The standard InChI is InChI=1S/C21H22N4O2/c1-14-3-8-18-19(13-14)23-20(24-21(18)25-9-11-27-12-10-25)16-4-6-17(7-5-16)22-15(2)26/h3-8,13H,9-12H2,1-2H3,(H,22,26). The van der Waals surface area contributed by atoms with Gasteiger partial charge in [-0.2, -0.15) is 0 Å². The SMILES string of the molecule is CC(=O)Nc1ccc(-c2nc(N3CCOCC3)c3ccc(C)cc3n2)cc1. The van der Waals surface area contributed by atoms with E-state index in [-0.39, 0.29) is 5.91 Å². The van der Waals surface area contributed by atoms with Crippen molar-refractivity contribution < 1.29 is 9.53 Å². The number of hydrogen-bond donors (Lipinski definition) is 1. The van der Waals surface area contributed by atoms with Crippen LogP contribution in [0.15, 0.2) is 42.5 Å². The van der Waals surface area contributed by atoms with Gasteiger partial charge in [0.25, 0.3) is 0 Å². The maximum atomic E-state index is 11.2. The van der Waals surface area contributed by atoms with Crippen molar-refractivity contribution in [2.45, 2.75) is 13.8 Å². The molecule has 1 aliphatic rings. The van der Waals surface area contributed by atoms with Crippen molar-refractivity contribution in [1.82, 2.24) is 9.97 Å². The molecule has 0 radical (unpaired) electrons. The van der Waals surface area contributed by atoms with E-state index in [0.717, 1.165) is 41.1 Å². The molecule has 6 heteroatoms. The Kier molecular flexibility index (Phi) is 4.73. The number of nitrogens with one attached hydrogen (secondary N) is 1. The van der Waals surface area contributed by atoms with Gasteiger partial charge in [0.2, 0.25) is 5.91 Å². The number of hydrogen-bond acceptors (Lipinski definition) is 5. The average molecular weight is 362 g/mol. The lowest BCUT2D eigenvalue weighted by atomic mass is 10.1. The minimum Gasteiger partial charge on any atom is -0.378 e. The van der Waals surface area contributed by atoms with Gasteiger partial charge in [-0.1, -0.05) is 6.07 Å². The number of fused-ring (bicyclic) bond motifs is 1. The maximum Gasteiger partial charge on any atom is 0.221 e. The predicted molar refractivity (Wildman–Crippen MR) is 107 cm³/mol. The molecule has 0 saturated carbocycles. The van der Waals surface area contributed by atoms with E-state index in [1.165, 1.54) is 12.5 Å². The van der Waals surface area contributed by atoms with Crippen molar-refractivity contribution in [2.75, 3.05) is 36.5 Å². The number of aryl methyl sites for hydroxylation is 1. The molecule has 3 aromatic rings. The number of anilines is 2. The fraction of sp³-hybridized carbons (Fsp3) is 0.286. The first-order valence-corrected chi connectivity index (χ1v) is 9.09. The largest absolute Gasteiger partial charge is 0.378 e. The predicted octanol–water partition coefficient (Wildman–Crippen LogP) is 3.40. The zero-order valence-electron chi connectivity index (χ0n) is 15.5. The lowest BCUT2D eigenvalue weighted by Gasteiger charge is -2.29. The van der Waals surface area contributed by atoms with Gasteiger partial charge in [0.15, 0.2) is 5.82 Å². The first-order chi connectivity index (χ1) is 13.1. The van der Waals surface area contributed by atoms with Crippen molar-refractivity contribution in [2.24, 2.45) is 0 Å². The van der Waals surface area contributed by atoms with Crippen LogP contribution in [0, 0.1) is 6.92 Å². The molecule has 2 heterocycles. The van der Waals surface area contributed by atoms with E-state index in [4.69, 9.17) is 14.7 Å². The molecule has 1 saturated heterocycles. The van der Waals surface area contributed by atoms with Crippen LogP contribution in [-0.4, -0.2) is 42.2 Å². The Morgan fingerprint density at radius 1 is 1.07 bits per heavy atom. The summed E-state index contributed by atoms with van der Waals surface area (Å²) < 4.78 is 5.49. The number of carbonyl (C=O) groups excluding carboxylic acids is 1. The molecule has 4 rings (SSSR count). The Labute approximate surface area is 158 Å². The van der Waals surface area contributed by atoms with Crippen LogP contribution >= 0.6 is 0 Å². The number of aromatic nitrogens is 2. The summed E-state index contributed by atoms with van der Waals surface area (Å²) in [6.45, 7) is 6.62. The van der Waals surface area contributed by atoms with Gasteiger partial charge in [0.1, 0.15) is 5.82 Å². The molecule has 0 spiro atoms.